The van der Waals surface area contributed by atoms with E-state index in [1.807, 2.05) is 0 Å². The lowest BCUT2D eigenvalue weighted by atomic mass is 10.2. The first-order valence-corrected chi connectivity index (χ1v) is 7.99. The summed E-state index contributed by atoms with van der Waals surface area (Å²) in [5, 5.41) is -0.111. The van der Waals surface area contributed by atoms with Crippen LogP contribution in [0.15, 0.2) is 47.4 Å². The second kappa shape index (κ2) is 5.98. The van der Waals surface area contributed by atoms with E-state index in [0.29, 0.717) is 0 Å². The summed E-state index contributed by atoms with van der Waals surface area (Å²) >= 11 is 11.6. The lowest BCUT2D eigenvalue weighted by Gasteiger charge is -2.11. The summed E-state index contributed by atoms with van der Waals surface area (Å²) in [6.45, 7) is 0. The molecule has 2 aromatic carbocycles. The molecule has 0 saturated carbocycles. The summed E-state index contributed by atoms with van der Waals surface area (Å²) < 4.78 is 63.9. The van der Waals surface area contributed by atoms with E-state index < -0.39 is 21.8 Å². The fraction of sp³-hybridized carbons (Fsp3) is 0.0769. The van der Waals surface area contributed by atoms with Crippen LogP contribution in [0.3, 0.4) is 0 Å². The SMILES string of the molecule is O=S(=O)(Nc1ccc(C(F)(F)F)cc1)c1cccc(Cl)c1Cl. The zero-order chi connectivity index (χ0) is 16.5. The Labute approximate surface area is 134 Å². The van der Waals surface area contributed by atoms with Gasteiger partial charge in [-0.3, -0.25) is 4.72 Å². The molecule has 2 aromatic rings. The van der Waals surface area contributed by atoms with Crippen molar-refractivity contribution in [1.82, 2.24) is 0 Å². The number of anilines is 1. The van der Waals surface area contributed by atoms with Crippen molar-refractivity contribution < 1.29 is 21.6 Å². The molecule has 22 heavy (non-hydrogen) atoms. The molecular formula is C13H8Cl2F3NO2S. The first-order valence-electron chi connectivity index (χ1n) is 5.75. The molecule has 0 spiro atoms. The van der Waals surface area contributed by atoms with Crippen LogP contribution in [-0.2, 0) is 16.2 Å². The Kier molecular flexibility index (Phi) is 4.60. The number of hydrogen-bond donors (Lipinski definition) is 1. The van der Waals surface area contributed by atoms with Crippen LogP contribution in [0.5, 0.6) is 0 Å². The molecule has 0 radical (unpaired) electrons. The van der Waals surface area contributed by atoms with Gasteiger partial charge in [0.25, 0.3) is 10.0 Å². The molecule has 0 saturated heterocycles. The topological polar surface area (TPSA) is 46.2 Å². The molecule has 118 valence electrons. The van der Waals surface area contributed by atoms with E-state index in [0.717, 1.165) is 24.3 Å². The number of sulfonamides is 1. The minimum Gasteiger partial charge on any atom is -0.280 e. The quantitative estimate of drug-likeness (QED) is 0.843. The normalized spacial score (nSPS) is 12.2. The molecule has 0 heterocycles. The zero-order valence-electron chi connectivity index (χ0n) is 10.7. The summed E-state index contributed by atoms with van der Waals surface area (Å²) in [5.41, 5.74) is -0.903. The predicted molar refractivity (Wildman–Crippen MR) is 78.7 cm³/mol. The van der Waals surface area contributed by atoms with E-state index in [9.17, 15) is 21.6 Å². The predicted octanol–water partition coefficient (Wildman–Crippen LogP) is 4.81. The van der Waals surface area contributed by atoms with Gasteiger partial charge in [-0.05, 0) is 36.4 Å². The fourth-order valence-corrected chi connectivity index (χ4v) is 3.45. The van der Waals surface area contributed by atoms with Gasteiger partial charge >= 0.3 is 6.18 Å². The van der Waals surface area contributed by atoms with Gasteiger partial charge < -0.3 is 0 Å². The van der Waals surface area contributed by atoms with Gasteiger partial charge in [-0.15, -0.1) is 0 Å². The Hall–Kier alpha value is -1.44. The van der Waals surface area contributed by atoms with E-state index in [2.05, 4.69) is 4.72 Å². The van der Waals surface area contributed by atoms with Crippen molar-refractivity contribution in [2.24, 2.45) is 0 Å². The summed E-state index contributed by atoms with van der Waals surface area (Å²) in [5.74, 6) is 0. The average Bonchev–Trinajstić information content (AvgIpc) is 2.40. The van der Waals surface area contributed by atoms with E-state index in [-0.39, 0.29) is 20.6 Å². The minimum absolute atomic E-state index is 0.0240. The molecule has 0 aliphatic carbocycles. The van der Waals surface area contributed by atoms with E-state index >= 15 is 0 Å². The third kappa shape index (κ3) is 3.66. The highest BCUT2D eigenvalue weighted by atomic mass is 35.5. The van der Waals surface area contributed by atoms with Crippen molar-refractivity contribution in [3.05, 3.63) is 58.1 Å². The molecular weight excluding hydrogens is 362 g/mol. The highest BCUT2D eigenvalue weighted by Crippen LogP contribution is 2.32. The van der Waals surface area contributed by atoms with Gasteiger partial charge in [0.15, 0.2) is 0 Å². The van der Waals surface area contributed by atoms with Crippen LogP contribution in [0.25, 0.3) is 0 Å². The van der Waals surface area contributed by atoms with Crippen LogP contribution < -0.4 is 4.72 Å². The highest BCUT2D eigenvalue weighted by Gasteiger charge is 2.30. The minimum atomic E-state index is -4.49. The molecule has 0 bridgehead atoms. The molecule has 0 unspecified atom stereocenters. The van der Waals surface area contributed by atoms with Crippen molar-refractivity contribution >= 4 is 38.9 Å². The van der Waals surface area contributed by atoms with Crippen LogP contribution in [0.2, 0.25) is 10.0 Å². The molecule has 0 aliphatic heterocycles. The van der Waals surface area contributed by atoms with Crippen LogP contribution in [0.4, 0.5) is 18.9 Å². The van der Waals surface area contributed by atoms with Crippen molar-refractivity contribution in [2.45, 2.75) is 11.1 Å². The second-order valence-corrected chi connectivity index (χ2v) is 6.67. The van der Waals surface area contributed by atoms with Crippen molar-refractivity contribution in [2.75, 3.05) is 4.72 Å². The fourth-order valence-electron chi connectivity index (χ4n) is 1.63. The van der Waals surface area contributed by atoms with Crippen LogP contribution >= 0.6 is 23.2 Å². The first-order chi connectivity index (χ1) is 10.1. The smallest absolute Gasteiger partial charge is 0.280 e. The lowest BCUT2D eigenvalue weighted by Crippen LogP contribution is -2.14. The Balaban J connectivity index is 2.31. The van der Waals surface area contributed by atoms with Crippen LogP contribution in [-0.4, -0.2) is 8.42 Å². The second-order valence-electron chi connectivity index (χ2n) is 4.23. The van der Waals surface area contributed by atoms with Crippen molar-refractivity contribution in [3.63, 3.8) is 0 Å². The van der Waals surface area contributed by atoms with Crippen LogP contribution in [0.1, 0.15) is 5.56 Å². The molecule has 0 amide bonds. The van der Waals surface area contributed by atoms with Gasteiger partial charge in [0, 0.05) is 5.69 Å². The molecule has 0 aromatic heterocycles. The van der Waals surface area contributed by atoms with E-state index in [4.69, 9.17) is 23.2 Å². The Morgan fingerprint density at radius 2 is 1.55 bits per heavy atom. The molecule has 2 rings (SSSR count). The molecule has 9 heteroatoms. The maximum atomic E-state index is 12.4. The van der Waals surface area contributed by atoms with Crippen molar-refractivity contribution in [1.29, 1.82) is 0 Å². The summed E-state index contributed by atoms with van der Waals surface area (Å²) in [6.07, 6.45) is -4.49. The third-order valence-electron chi connectivity index (χ3n) is 2.67. The maximum absolute atomic E-state index is 12.4. The van der Waals surface area contributed by atoms with E-state index in [1.165, 1.54) is 18.2 Å². The van der Waals surface area contributed by atoms with Gasteiger partial charge in [0.2, 0.25) is 0 Å². The molecule has 3 nitrogen and oxygen atoms in total. The highest BCUT2D eigenvalue weighted by molar-refractivity contribution is 7.92. The number of halogens is 5. The Bertz CT molecular complexity index is 790. The van der Waals surface area contributed by atoms with Gasteiger partial charge in [-0.2, -0.15) is 13.2 Å². The van der Waals surface area contributed by atoms with Gasteiger partial charge in [0.1, 0.15) is 4.90 Å². The number of nitrogens with one attached hydrogen (secondary N) is 1. The molecule has 0 aliphatic rings. The summed E-state index contributed by atoms with van der Waals surface area (Å²) in [4.78, 5) is -0.262. The maximum Gasteiger partial charge on any atom is 0.416 e. The third-order valence-corrected chi connectivity index (χ3v) is 5.02. The number of benzene rings is 2. The molecule has 0 atom stereocenters. The summed E-state index contributed by atoms with van der Waals surface area (Å²) in [6, 6.07) is 7.63. The monoisotopic (exact) mass is 369 g/mol. The number of rotatable bonds is 3. The largest absolute Gasteiger partial charge is 0.416 e. The number of hydrogen-bond acceptors (Lipinski definition) is 2. The van der Waals surface area contributed by atoms with Crippen LogP contribution in [0, 0.1) is 0 Å². The van der Waals surface area contributed by atoms with Crippen molar-refractivity contribution in [3.8, 4) is 0 Å². The molecule has 1 N–H and O–H groups in total. The zero-order valence-corrected chi connectivity index (χ0v) is 13.0. The first kappa shape index (κ1) is 16.9. The Morgan fingerprint density at radius 3 is 2.09 bits per heavy atom. The number of alkyl halides is 3. The molecule has 0 fully saturated rings. The standard InChI is InChI=1S/C13H8Cl2F3NO2S/c14-10-2-1-3-11(12(10)15)22(20,21)19-9-6-4-8(5-7-9)13(16,17)18/h1-7,19H. The van der Waals surface area contributed by atoms with E-state index in [1.54, 1.807) is 0 Å². The lowest BCUT2D eigenvalue weighted by molar-refractivity contribution is -0.137. The van der Waals surface area contributed by atoms with Gasteiger partial charge in [-0.25, -0.2) is 8.42 Å². The van der Waals surface area contributed by atoms with Gasteiger partial charge in [-0.1, -0.05) is 29.3 Å². The van der Waals surface area contributed by atoms with Gasteiger partial charge in [0.05, 0.1) is 15.6 Å². The summed E-state index contributed by atoms with van der Waals surface area (Å²) in [7, 11) is -4.06. The average molecular weight is 370 g/mol. The Morgan fingerprint density at radius 1 is 0.955 bits per heavy atom.